The molecule has 0 saturated carbocycles. The van der Waals surface area contributed by atoms with Crippen LogP contribution >= 0.6 is 0 Å². The number of carbonyl (C=O) groups is 1. The Bertz CT molecular complexity index is 819. The van der Waals surface area contributed by atoms with E-state index in [-0.39, 0.29) is 5.91 Å². The fourth-order valence-electron chi connectivity index (χ4n) is 2.09. The fraction of sp³-hybridized carbons (Fsp3) is 0.0667. The topological polar surface area (TPSA) is 71.0 Å². The minimum absolute atomic E-state index is 0.219. The second kappa shape index (κ2) is 4.59. The van der Waals surface area contributed by atoms with E-state index in [1.54, 1.807) is 41.2 Å². The molecule has 0 aliphatic heterocycles. The van der Waals surface area contributed by atoms with Crippen LogP contribution in [0.3, 0.4) is 0 Å². The quantitative estimate of drug-likeness (QED) is 0.774. The van der Waals surface area contributed by atoms with Crippen LogP contribution in [-0.4, -0.2) is 10.5 Å². The van der Waals surface area contributed by atoms with Crippen LogP contribution in [-0.2, 0) is 7.05 Å². The molecule has 2 heterocycles. The number of rotatable bonds is 2. The molecule has 0 aliphatic rings. The van der Waals surface area contributed by atoms with Crippen LogP contribution in [0.4, 0.5) is 5.69 Å². The fourth-order valence-corrected chi connectivity index (χ4v) is 2.09. The SMILES string of the molecule is Cn1c(C(=O)Nc2ccc(C#N)cc2)cc2occc21. The Balaban J connectivity index is 1.86. The van der Waals surface area contributed by atoms with Crippen LogP contribution in [0.25, 0.3) is 11.1 Å². The number of amides is 1. The van der Waals surface area contributed by atoms with Gasteiger partial charge in [0.25, 0.3) is 5.91 Å². The predicted octanol–water partition coefficient (Wildman–Crippen LogP) is 2.90. The van der Waals surface area contributed by atoms with Crippen molar-refractivity contribution in [1.29, 1.82) is 5.26 Å². The van der Waals surface area contributed by atoms with Gasteiger partial charge >= 0.3 is 0 Å². The first-order valence-corrected chi connectivity index (χ1v) is 6.03. The summed E-state index contributed by atoms with van der Waals surface area (Å²) in [5.74, 6) is -0.219. The summed E-state index contributed by atoms with van der Waals surface area (Å²) in [6.07, 6.45) is 1.59. The summed E-state index contributed by atoms with van der Waals surface area (Å²) in [7, 11) is 1.81. The normalized spacial score (nSPS) is 10.4. The van der Waals surface area contributed by atoms with Crippen molar-refractivity contribution in [2.45, 2.75) is 0 Å². The molecule has 2 aromatic heterocycles. The summed E-state index contributed by atoms with van der Waals surface area (Å²) < 4.78 is 7.05. The van der Waals surface area contributed by atoms with E-state index in [4.69, 9.17) is 9.68 Å². The highest BCUT2D eigenvalue weighted by Gasteiger charge is 2.15. The Hall–Kier alpha value is -3.00. The molecule has 5 heteroatoms. The van der Waals surface area contributed by atoms with Crippen LogP contribution in [0.2, 0.25) is 0 Å². The Morgan fingerprint density at radius 1 is 1.30 bits per heavy atom. The van der Waals surface area contributed by atoms with Crippen molar-refractivity contribution in [3.05, 3.63) is 53.9 Å². The van der Waals surface area contributed by atoms with Gasteiger partial charge in [0, 0.05) is 24.9 Å². The van der Waals surface area contributed by atoms with E-state index in [1.807, 2.05) is 19.2 Å². The summed E-state index contributed by atoms with van der Waals surface area (Å²) in [5.41, 5.74) is 3.27. The van der Waals surface area contributed by atoms with E-state index in [2.05, 4.69) is 5.32 Å². The zero-order valence-electron chi connectivity index (χ0n) is 10.8. The third kappa shape index (κ3) is 1.93. The lowest BCUT2D eigenvalue weighted by Gasteiger charge is -2.06. The van der Waals surface area contributed by atoms with Crippen LogP contribution in [0.5, 0.6) is 0 Å². The summed E-state index contributed by atoms with van der Waals surface area (Å²) in [5, 5.41) is 11.5. The third-order valence-electron chi connectivity index (χ3n) is 3.17. The number of anilines is 1. The molecule has 0 radical (unpaired) electrons. The van der Waals surface area contributed by atoms with Gasteiger partial charge in [-0.05, 0) is 24.3 Å². The Kier molecular flexibility index (Phi) is 2.77. The molecule has 3 aromatic rings. The number of nitrogens with zero attached hydrogens (tertiary/aromatic N) is 2. The monoisotopic (exact) mass is 265 g/mol. The Morgan fingerprint density at radius 2 is 2.05 bits per heavy atom. The molecule has 0 saturated heterocycles. The highest BCUT2D eigenvalue weighted by Crippen LogP contribution is 2.20. The number of carbonyl (C=O) groups excluding carboxylic acids is 1. The smallest absolute Gasteiger partial charge is 0.272 e. The number of hydrogen-bond acceptors (Lipinski definition) is 3. The molecular formula is C15H11N3O2. The lowest BCUT2D eigenvalue weighted by atomic mass is 10.2. The van der Waals surface area contributed by atoms with Crippen molar-refractivity contribution < 1.29 is 9.21 Å². The molecule has 0 aliphatic carbocycles. The summed E-state index contributed by atoms with van der Waals surface area (Å²) in [6, 6.07) is 12.3. The molecule has 1 amide bonds. The average Bonchev–Trinajstić information content (AvgIpc) is 3.03. The molecule has 98 valence electrons. The lowest BCUT2D eigenvalue weighted by Crippen LogP contribution is -2.15. The summed E-state index contributed by atoms with van der Waals surface area (Å²) in [6.45, 7) is 0. The van der Waals surface area contributed by atoms with Crippen LogP contribution in [0.1, 0.15) is 16.1 Å². The van der Waals surface area contributed by atoms with Gasteiger partial charge in [-0.1, -0.05) is 0 Å². The van der Waals surface area contributed by atoms with Gasteiger partial charge in [0.05, 0.1) is 23.4 Å². The van der Waals surface area contributed by atoms with Crippen molar-refractivity contribution in [2.24, 2.45) is 7.05 Å². The number of furan rings is 1. The van der Waals surface area contributed by atoms with Gasteiger partial charge in [0.2, 0.25) is 0 Å². The molecule has 1 N–H and O–H groups in total. The number of aromatic nitrogens is 1. The molecular weight excluding hydrogens is 254 g/mol. The largest absolute Gasteiger partial charge is 0.463 e. The molecule has 3 rings (SSSR count). The maximum atomic E-state index is 12.2. The van der Waals surface area contributed by atoms with Gasteiger partial charge in [-0.15, -0.1) is 0 Å². The number of nitrogens with one attached hydrogen (secondary N) is 1. The second-order valence-corrected chi connectivity index (χ2v) is 4.40. The molecule has 5 nitrogen and oxygen atoms in total. The van der Waals surface area contributed by atoms with Crippen molar-refractivity contribution in [1.82, 2.24) is 4.57 Å². The van der Waals surface area contributed by atoms with Gasteiger partial charge in [-0.25, -0.2) is 0 Å². The number of benzene rings is 1. The molecule has 1 aromatic carbocycles. The molecule has 0 atom stereocenters. The maximum absolute atomic E-state index is 12.2. The number of hydrogen-bond donors (Lipinski definition) is 1. The highest BCUT2D eigenvalue weighted by atomic mass is 16.3. The van der Waals surface area contributed by atoms with Crippen LogP contribution in [0, 0.1) is 11.3 Å². The third-order valence-corrected chi connectivity index (χ3v) is 3.17. The van der Waals surface area contributed by atoms with Gasteiger partial charge in [-0.3, -0.25) is 4.79 Å². The molecule has 0 fully saturated rings. The number of aryl methyl sites for hydroxylation is 1. The van der Waals surface area contributed by atoms with Crippen LogP contribution in [0.15, 0.2) is 47.1 Å². The predicted molar refractivity (Wildman–Crippen MR) is 74.3 cm³/mol. The zero-order chi connectivity index (χ0) is 14.1. The maximum Gasteiger partial charge on any atom is 0.272 e. The number of fused-ring (bicyclic) bond motifs is 1. The van der Waals surface area contributed by atoms with Gasteiger partial charge in [-0.2, -0.15) is 5.26 Å². The Labute approximate surface area is 115 Å². The van der Waals surface area contributed by atoms with Gasteiger partial charge in [0.1, 0.15) is 5.69 Å². The summed E-state index contributed by atoms with van der Waals surface area (Å²) in [4.78, 5) is 12.2. The van der Waals surface area contributed by atoms with Crippen molar-refractivity contribution in [3.63, 3.8) is 0 Å². The first kappa shape index (κ1) is 12.1. The first-order valence-electron chi connectivity index (χ1n) is 6.03. The van der Waals surface area contributed by atoms with E-state index >= 15 is 0 Å². The van der Waals surface area contributed by atoms with Crippen molar-refractivity contribution in [2.75, 3.05) is 5.32 Å². The minimum atomic E-state index is -0.219. The van der Waals surface area contributed by atoms with E-state index in [0.29, 0.717) is 22.5 Å². The summed E-state index contributed by atoms with van der Waals surface area (Å²) >= 11 is 0. The van der Waals surface area contributed by atoms with E-state index < -0.39 is 0 Å². The first-order chi connectivity index (χ1) is 9.69. The average molecular weight is 265 g/mol. The Morgan fingerprint density at radius 3 is 2.70 bits per heavy atom. The molecule has 0 spiro atoms. The van der Waals surface area contributed by atoms with Crippen LogP contribution < -0.4 is 5.32 Å². The van der Waals surface area contributed by atoms with Crippen molar-refractivity contribution >= 4 is 22.7 Å². The van der Waals surface area contributed by atoms with E-state index in [0.717, 1.165) is 5.52 Å². The molecule has 0 bridgehead atoms. The van der Waals surface area contributed by atoms with E-state index in [1.165, 1.54) is 0 Å². The molecule has 0 unspecified atom stereocenters. The highest BCUT2D eigenvalue weighted by molar-refractivity contribution is 6.05. The van der Waals surface area contributed by atoms with Gasteiger partial charge < -0.3 is 14.3 Å². The van der Waals surface area contributed by atoms with E-state index in [9.17, 15) is 4.79 Å². The second-order valence-electron chi connectivity index (χ2n) is 4.40. The molecule has 20 heavy (non-hydrogen) atoms. The number of nitriles is 1. The zero-order valence-corrected chi connectivity index (χ0v) is 10.8. The minimum Gasteiger partial charge on any atom is -0.463 e. The van der Waals surface area contributed by atoms with Crippen molar-refractivity contribution in [3.8, 4) is 6.07 Å². The lowest BCUT2D eigenvalue weighted by molar-refractivity contribution is 0.101. The standard InChI is InChI=1S/C15H11N3O2/c1-18-12-6-7-20-14(12)8-13(18)15(19)17-11-4-2-10(9-16)3-5-11/h2-8H,1H3,(H,17,19). The van der Waals surface area contributed by atoms with Gasteiger partial charge in [0.15, 0.2) is 5.58 Å².